The number of benzene rings is 1. The van der Waals surface area contributed by atoms with Crippen LogP contribution in [-0.4, -0.2) is 46.1 Å². The summed E-state index contributed by atoms with van der Waals surface area (Å²) >= 11 is 1.13. The van der Waals surface area contributed by atoms with Crippen molar-refractivity contribution in [2.45, 2.75) is 13.3 Å². The molecule has 28 heavy (non-hydrogen) atoms. The first-order chi connectivity index (χ1) is 13.6. The number of aromatic nitrogens is 3. The number of nitrogens with one attached hydrogen (secondary N) is 2. The van der Waals surface area contributed by atoms with Gasteiger partial charge in [-0.15, -0.1) is 11.3 Å². The Labute approximate surface area is 163 Å². The number of carbonyl (C=O) groups excluding carboxylic acids is 3. The van der Waals surface area contributed by atoms with Crippen molar-refractivity contribution in [2.24, 2.45) is 5.92 Å². The van der Waals surface area contributed by atoms with E-state index >= 15 is 0 Å². The van der Waals surface area contributed by atoms with Crippen LogP contribution in [0.3, 0.4) is 0 Å². The molecule has 0 aliphatic carbocycles. The van der Waals surface area contributed by atoms with Crippen molar-refractivity contribution in [3.05, 3.63) is 35.3 Å². The SMILES string of the molecule is CCOC(=O)c1csc(NC(=O)C2CC(=O)N(c3n[nH]c4ccccc34)C2)n1. The number of thiazole rings is 1. The van der Waals surface area contributed by atoms with Gasteiger partial charge in [-0.2, -0.15) is 5.10 Å². The molecule has 2 amide bonds. The number of carbonyl (C=O) groups is 3. The van der Waals surface area contributed by atoms with Crippen LogP contribution in [0.15, 0.2) is 29.6 Å². The lowest BCUT2D eigenvalue weighted by atomic mass is 10.1. The van der Waals surface area contributed by atoms with E-state index < -0.39 is 11.9 Å². The first-order valence-electron chi connectivity index (χ1n) is 8.73. The van der Waals surface area contributed by atoms with Crippen molar-refractivity contribution in [3.63, 3.8) is 0 Å². The molecule has 0 spiro atoms. The lowest BCUT2D eigenvalue weighted by molar-refractivity contribution is -0.122. The summed E-state index contributed by atoms with van der Waals surface area (Å²) in [5.41, 5.74) is 0.974. The molecule has 0 saturated carbocycles. The summed E-state index contributed by atoms with van der Waals surface area (Å²) in [7, 11) is 0. The number of amides is 2. The number of anilines is 2. The topological polar surface area (TPSA) is 117 Å². The normalized spacial score (nSPS) is 16.5. The fourth-order valence-corrected chi connectivity index (χ4v) is 3.76. The molecule has 2 aromatic heterocycles. The Hall–Kier alpha value is -3.27. The van der Waals surface area contributed by atoms with E-state index in [1.807, 2.05) is 24.3 Å². The number of hydrogen-bond donors (Lipinski definition) is 2. The Morgan fingerprint density at radius 3 is 3.04 bits per heavy atom. The zero-order valence-corrected chi connectivity index (χ0v) is 15.8. The number of ether oxygens (including phenoxy) is 1. The third-order valence-electron chi connectivity index (χ3n) is 4.42. The second-order valence-corrected chi connectivity index (χ2v) is 7.10. The maximum absolute atomic E-state index is 12.6. The van der Waals surface area contributed by atoms with Gasteiger partial charge in [-0.05, 0) is 19.1 Å². The summed E-state index contributed by atoms with van der Waals surface area (Å²) in [6.07, 6.45) is 0.0864. The highest BCUT2D eigenvalue weighted by atomic mass is 32.1. The van der Waals surface area contributed by atoms with Gasteiger partial charge >= 0.3 is 5.97 Å². The second kappa shape index (κ2) is 7.39. The highest BCUT2D eigenvalue weighted by Crippen LogP contribution is 2.30. The monoisotopic (exact) mass is 399 g/mol. The zero-order valence-electron chi connectivity index (χ0n) is 15.0. The summed E-state index contributed by atoms with van der Waals surface area (Å²) < 4.78 is 4.88. The van der Waals surface area contributed by atoms with Crippen LogP contribution in [0, 0.1) is 5.92 Å². The molecule has 2 N–H and O–H groups in total. The summed E-state index contributed by atoms with van der Waals surface area (Å²) in [5.74, 6) is -1.02. The Kier molecular flexibility index (Phi) is 4.78. The molecule has 3 heterocycles. The number of para-hydroxylation sites is 1. The number of rotatable bonds is 5. The fourth-order valence-electron chi connectivity index (χ4n) is 3.08. The summed E-state index contributed by atoms with van der Waals surface area (Å²) in [6.45, 7) is 2.19. The number of esters is 1. The highest BCUT2D eigenvalue weighted by Gasteiger charge is 2.37. The van der Waals surface area contributed by atoms with E-state index in [9.17, 15) is 14.4 Å². The Morgan fingerprint density at radius 2 is 2.21 bits per heavy atom. The lowest BCUT2D eigenvalue weighted by Gasteiger charge is -2.13. The fraction of sp³-hybridized carbons (Fsp3) is 0.278. The molecule has 0 bridgehead atoms. The predicted octanol–water partition coefficient (Wildman–Crippen LogP) is 2.19. The van der Waals surface area contributed by atoms with Gasteiger partial charge in [0.2, 0.25) is 11.8 Å². The van der Waals surface area contributed by atoms with Crippen LogP contribution in [0.1, 0.15) is 23.8 Å². The van der Waals surface area contributed by atoms with Crippen molar-refractivity contribution in [2.75, 3.05) is 23.4 Å². The van der Waals surface area contributed by atoms with Gasteiger partial charge in [0.25, 0.3) is 0 Å². The Bertz CT molecular complexity index is 1060. The minimum Gasteiger partial charge on any atom is -0.461 e. The van der Waals surface area contributed by atoms with E-state index in [4.69, 9.17) is 4.74 Å². The maximum Gasteiger partial charge on any atom is 0.357 e. The van der Waals surface area contributed by atoms with E-state index in [1.54, 1.807) is 6.92 Å². The molecule has 1 saturated heterocycles. The molecule has 1 aliphatic heterocycles. The van der Waals surface area contributed by atoms with Gasteiger partial charge in [-0.1, -0.05) is 12.1 Å². The first-order valence-corrected chi connectivity index (χ1v) is 9.61. The third-order valence-corrected chi connectivity index (χ3v) is 5.18. The Morgan fingerprint density at radius 1 is 1.39 bits per heavy atom. The van der Waals surface area contributed by atoms with E-state index in [0.29, 0.717) is 10.9 Å². The zero-order chi connectivity index (χ0) is 19.7. The van der Waals surface area contributed by atoms with Gasteiger partial charge in [-0.25, -0.2) is 9.78 Å². The molecule has 1 unspecified atom stereocenters. The van der Waals surface area contributed by atoms with E-state index in [0.717, 1.165) is 22.2 Å². The molecule has 0 radical (unpaired) electrons. The van der Waals surface area contributed by atoms with Gasteiger partial charge in [-0.3, -0.25) is 19.6 Å². The van der Waals surface area contributed by atoms with Crippen molar-refractivity contribution < 1.29 is 19.1 Å². The standard InChI is InChI=1S/C18H17N5O4S/c1-2-27-17(26)13-9-28-18(19-13)20-16(25)10-7-14(24)23(8-10)15-11-5-3-4-6-12(11)21-22-15/h3-6,9-10H,2,7-8H2,1H3,(H,21,22)(H,19,20,25). The van der Waals surface area contributed by atoms with Gasteiger partial charge in [0.05, 0.1) is 18.0 Å². The van der Waals surface area contributed by atoms with Crippen LogP contribution in [-0.2, 0) is 14.3 Å². The molecule has 3 aromatic rings. The molecular weight excluding hydrogens is 382 g/mol. The van der Waals surface area contributed by atoms with Crippen LogP contribution < -0.4 is 10.2 Å². The van der Waals surface area contributed by atoms with E-state index in [1.165, 1.54) is 10.3 Å². The number of hydrogen-bond acceptors (Lipinski definition) is 7. The summed E-state index contributed by atoms with van der Waals surface area (Å²) in [4.78, 5) is 42.3. The van der Waals surface area contributed by atoms with Gasteiger partial charge in [0.1, 0.15) is 0 Å². The maximum atomic E-state index is 12.6. The minimum atomic E-state index is -0.535. The summed E-state index contributed by atoms with van der Waals surface area (Å²) in [5, 5.41) is 12.5. The van der Waals surface area contributed by atoms with Crippen LogP contribution in [0.4, 0.5) is 10.9 Å². The molecule has 4 rings (SSSR count). The molecule has 1 aromatic carbocycles. The number of H-pyrrole nitrogens is 1. The molecule has 10 heteroatoms. The van der Waals surface area contributed by atoms with Crippen LogP contribution >= 0.6 is 11.3 Å². The van der Waals surface area contributed by atoms with E-state index in [2.05, 4.69) is 20.5 Å². The number of aromatic amines is 1. The average molecular weight is 399 g/mol. The predicted molar refractivity (Wildman–Crippen MR) is 103 cm³/mol. The molecule has 9 nitrogen and oxygen atoms in total. The highest BCUT2D eigenvalue weighted by molar-refractivity contribution is 7.14. The van der Waals surface area contributed by atoms with Gasteiger partial charge < -0.3 is 10.1 Å². The van der Waals surface area contributed by atoms with Crippen molar-refractivity contribution in [1.29, 1.82) is 0 Å². The third kappa shape index (κ3) is 3.33. The number of nitrogens with zero attached hydrogens (tertiary/aromatic N) is 3. The molecule has 1 aliphatic rings. The number of fused-ring (bicyclic) bond motifs is 1. The minimum absolute atomic E-state index is 0.0864. The molecule has 144 valence electrons. The largest absolute Gasteiger partial charge is 0.461 e. The van der Waals surface area contributed by atoms with Gasteiger partial charge in [0.15, 0.2) is 16.6 Å². The van der Waals surface area contributed by atoms with Crippen molar-refractivity contribution in [3.8, 4) is 0 Å². The van der Waals surface area contributed by atoms with E-state index in [-0.39, 0.29) is 37.1 Å². The molecule has 1 atom stereocenters. The lowest BCUT2D eigenvalue weighted by Crippen LogP contribution is -2.28. The van der Waals surface area contributed by atoms with Crippen molar-refractivity contribution in [1.82, 2.24) is 15.2 Å². The quantitative estimate of drug-likeness (QED) is 0.635. The van der Waals surface area contributed by atoms with Crippen LogP contribution in [0.25, 0.3) is 10.9 Å². The second-order valence-electron chi connectivity index (χ2n) is 6.25. The Balaban J connectivity index is 1.45. The molecular formula is C18H17N5O4S. The first kappa shape index (κ1) is 18.1. The van der Waals surface area contributed by atoms with Crippen LogP contribution in [0.2, 0.25) is 0 Å². The smallest absolute Gasteiger partial charge is 0.357 e. The summed E-state index contributed by atoms with van der Waals surface area (Å²) in [6, 6.07) is 7.50. The van der Waals surface area contributed by atoms with Crippen molar-refractivity contribution >= 4 is 51.0 Å². The van der Waals surface area contributed by atoms with Gasteiger partial charge in [0, 0.05) is 23.7 Å². The molecule has 1 fully saturated rings. The van der Waals surface area contributed by atoms with Crippen LogP contribution in [0.5, 0.6) is 0 Å². The average Bonchev–Trinajstić information content (AvgIpc) is 3.40.